The first-order valence-corrected chi connectivity index (χ1v) is 8.08. The third kappa shape index (κ3) is 2.53. The van der Waals surface area contributed by atoms with Gasteiger partial charge in [0.25, 0.3) is 0 Å². The Labute approximate surface area is 140 Å². The highest BCUT2D eigenvalue weighted by Gasteiger charge is 2.19. The van der Waals surface area contributed by atoms with Crippen molar-refractivity contribution >= 4 is 32.5 Å². The number of fused-ring (bicyclic) bond motifs is 2. The molecule has 1 aromatic carbocycles. The lowest BCUT2D eigenvalue weighted by Crippen LogP contribution is -2.06. The summed E-state index contributed by atoms with van der Waals surface area (Å²) in [5.74, 6) is 1.27. The topological polar surface area (TPSA) is 47.0 Å². The van der Waals surface area contributed by atoms with Crippen molar-refractivity contribution in [2.45, 2.75) is 13.0 Å². The van der Waals surface area contributed by atoms with Crippen LogP contribution in [0.5, 0.6) is 5.75 Å². The van der Waals surface area contributed by atoms with Crippen LogP contribution >= 0.6 is 15.9 Å². The first-order valence-electron chi connectivity index (χ1n) is 7.29. The van der Waals surface area contributed by atoms with Crippen LogP contribution in [0.25, 0.3) is 10.8 Å². The number of aromatic nitrogens is 2. The van der Waals surface area contributed by atoms with Crippen LogP contribution in [-0.2, 0) is 13.0 Å². The maximum absolute atomic E-state index is 14.2. The molecule has 0 aliphatic carbocycles. The summed E-state index contributed by atoms with van der Waals surface area (Å²) in [5, 5.41) is 5.15. The third-order valence-electron chi connectivity index (χ3n) is 4.01. The van der Waals surface area contributed by atoms with Gasteiger partial charge in [0.2, 0.25) is 0 Å². The van der Waals surface area contributed by atoms with Gasteiger partial charge >= 0.3 is 0 Å². The van der Waals surface area contributed by atoms with E-state index in [4.69, 9.17) is 4.74 Å². The Kier molecular flexibility index (Phi) is 3.61. The van der Waals surface area contributed by atoms with Crippen molar-refractivity contribution in [2.24, 2.45) is 0 Å². The largest absolute Gasteiger partial charge is 0.493 e. The number of halogens is 2. The van der Waals surface area contributed by atoms with E-state index in [1.54, 1.807) is 24.7 Å². The lowest BCUT2D eigenvalue weighted by atomic mass is 10.0. The van der Waals surface area contributed by atoms with Crippen LogP contribution in [-0.4, -0.2) is 16.6 Å². The number of nitrogens with zero attached hydrogens (tertiary/aromatic N) is 2. The van der Waals surface area contributed by atoms with Crippen molar-refractivity contribution in [3.05, 3.63) is 58.2 Å². The van der Waals surface area contributed by atoms with E-state index in [9.17, 15) is 4.39 Å². The van der Waals surface area contributed by atoms with Crippen molar-refractivity contribution in [1.82, 2.24) is 9.97 Å². The van der Waals surface area contributed by atoms with Gasteiger partial charge in [-0.05, 0) is 34.1 Å². The molecule has 4 rings (SSSR count). The molecule has 6 heteroatoms. The van der Waals surface area contributed by atoms with Crippen molar-refractivity contribution in [1.29, 1.82) is 0 Å². The van der Waals surface area contributed by atoms with Gasteiger partial charge in [-0.3, -0.25) is 4.98 Å². The lowest BCUT2D eigenvalue weighted by molar-refractivity contribution is 0.356. The molecule has 2 aromatic heterocycles. The van der Waals surface area contributed by atoms with Crippen molar-refractivity contribution in [3.63, 3.8) is 0 Å². The summed E-state index contributed by atoms with van der Waals surface area (Å²) in [5.41, 5.74) is 1.59. The standard InChI is InChI=1S/C17H13BrFN3O/c18-14-9-22-17(11-3-5-20-7-12(11)14)21-8-13-10-4-6-23-16(10)2-1-15(13)19/h1-3,5,7,9H,4,6,8H2,(H,21,22). The van der Waals surface area contributed by atoms with Gasteiger partial charge in [-0.15, -0.1) is 0 Å². The van der Waals surface area contributed by atoms with Gasteiger partial charge in [0, 0.05) is 57.9 Å². The third-order valence-corrected chi connectivity index (χ3v) is 4.65. The lowest BCUT2D eigenvalue weighted by Gasteiger charge is -2.12. The quantitative estimate of drug-likeness (QED) is 0.751. The Morgan fingerprint density at radius 3 is 3.04 bits per heavy atom. The highest BCUT2D eigenvalue weighted by atomic mass is 79.9. The maximum Gasteiger partial charge on any atom is 0.134 e. The number of nitrogens with one attached hydrogen (secondary N) is 1. The fourth-order valence-electron chi connectivity index (χ4n) is 2.87. The zero-order valence-corrected chi connectivity index (χ0v) is 13.7. The minimum absolute atomic E-state index is 0.218. The molecule has 4 nitrogen and oxygen atoms in total. The summed E-state index contributed by atoms with van der Waals surface area (Å²) in [6.07, 6.45) is 5.96. The van der Waals surface area contributed by atoms with Crippen LogP contribution in [0.15, 0.2) is 41.3 Å². The van der Waals surface area contributed by atoms with E-state index >= 15 is 0 Å². The first-order chi connectivity index (χ1) is 11.2. The molecule has 116 valence electrons. The average molecular weight is 374 g/mol. The highest BCUT2D eigenvalue weighted by Crippen LogP contribution is 2.32. The van der Waals surface area contributed by atoms with E-state index in [0.29, 0.717) is 24.5 Å². The first kappa shape index (κ1) is 14.4. The molecule has 3 aromatic rings. The summed E-state index contributed by atoms with van der Waals surface area (Å²) in [7, 11) is 0. The Morgan fingerprint density at radius 1 is 1.22 bits per heavy atom. The monoisotopic (exact) mass is 373 g/mol. The van der Waals surface area contributed by atoms with Gasteiger partial charge in [0.15, 0.2) is 0 Å². The van der Waals surface area contributed by atoms with Crippen LogP contribution in [0.4, 0.5) is 10.2 Å². The summed E-state index contributed by atoms with van der Waals surface area (Å²) in [6.45, 7) is 0.974. The van der Waals surface area contributed by atoms with Crippen LogP contribution in [0, 0.1) is 5.82 Å². The Hall–Kier alpha value is -2.21. The average Bonchev–Trinajstić information content (AvgIpc) is 3.05. The number of benzene rings is 1. The zero-order valence-electron chi connectivity index (χ0n) is 12.1. The fraction of sp³-hybridized carbons (Fsp3) is 0.176. The summed E-state index contributed by atoms with van der Waals surface area (Å²) in [6, 6.07) is 5.04. The van der Waals surface area contributed by atoms with Crippen LogP contribution < -0.4 is 10.1 Å². The van der Waals surface area contributed by atoms with Gasteiger partial charge in [-0.2, -0.15) is 0 Å². The number of rotatable bonds is 3. The molecule has 1 N–H and O–H groups in total. The SMILES string of the molecule is Fc1ccc2c(c1CNc1ncc(Br)c3cnccc13)CCO2. The second-order valence-corrected chi connectivity index (χ2v) is 6.18. The van der Waals surface area contributed by atoms with E-state index in [1.165, 1.54) is 6.07 Å². The molecule has 23 heavy (non-hydrogen) atoms. The second-order valence-electron chi connectivity index (χ2n) is 5.33. The van der Waals surface area contributed by atoms with Gasteiger partial charge in [-0.1, -0.05) is 0 Å². The van der Waals surface area contributed by atoms with E-state index < -0.39 is 0 Å². The minimum atomic E-state index is -0.218. The van der Waals surface area contributed by atoms with Crippen molar-refractivity contribution < 1.29 is 9.13 Å². The molecule has 0 saturated carbocycles. The molecule has 0 atom stereocenters. The number of ether oxygens (including phenoxy) is 1. The van der Waals surface area contributed by atoms with Gasteiger partial charge in [-0.25, -0.2) is 9.37 Å². The number of hydrogen-bond donors (Lipinski definition) is 1. The van der Waals surface area contributed by atoms with Gasteiger partial charge in [0.1, 0.15) is 17.4 Å². The molecule has 0 unspecified atom stereocenters. The molecule has 3 heterocycles. The highest BCUT2D eigenvalue weighted by molar-refractivity contribution is 9.10. The van der Waals surface area contributed by atoms with Crippen LogP contribution in [0.1, 0.15) is 11.1 Å². The molecule has 0 fully saturated rings. The van der Waals surface area contributed by atoms with E-state index in [0.717, 1.165) is 33.0 Å². The number of hydrogen-bond acceptors (Lipinski definition) is 4. The predicted molar refractivity (Wildman–Crippen MR) is 90.2 cm³/mol. The zero-order chi connectivity index (χ0) is 15.8. The molecule has 1 aliphatic heterocycles. The maximum atomic E-state index is 14.2. The summed E-state index contributed by atoms with van der Waals surface area (Å²) >= 11 is 3.47. The number of pyridine rings is 2. The van der Waals surface area contributed by atoms with Gasteiger partial charge < -0.3 is 10.1 Å². The molecule has 0 bridgehead atoms. The molecular weight excluding hydrogens is 361 g/mol. The normalized spacial score (nSPS) is 13.0. The minimum Gasteiger partial charge on any atom is -0.493 e. The second kappa shape index (κ2) is 5.77. The van der Waals surface area contributed by atoms with E-state index in [2.05, 4.69) is 31.2 Å². The Balaban J connectivity index is 1.69. The Bertz CT molecular complexity index is 900. The van der Waals surface area contributed by atoms with Crippen molar-refractivity contribution in [2.75, 3.05) is 11.9 Å². The fourth-order valence-corrected chi connectivity index (χ4v) is 3.29. The predicted octanol–water partition coefficient (Wildman–Crippen LogP) is 4.08. The summed E-state index contributed by atoms with van der Waals surface area (Å²) in [4.78, 5) is 8.54. The Morgan fingerprint density at radius 2 is 2.13 bits per heavy atom. The van der Waals surface area contributed by atoms with Crippen LogP contribution in [0.3, 0.4) is 0 Å². The van der Waals surface area contributed by atoms with Crippen LogP contribution in [0.2, 0.25) is 0 Å². The molecule has 0 radical (unpaired) electrons. The molecule has 0 amide bonds. The number of anilines is 1. The van der Waals surface area contributed by atoms with Gasteiger partial charge in [0.05, 0.1) is 6.61 Å². The molecular formula is C17H13BrFN3O. The molecule has 1 aliphatic rings. The molecule has 0 saturated heterocycles. The molecule has 0 spiro atoms. The summed E-state index contributed by atoms with van der Waals surface area (Å²) < 4.78 is 20.6. The van der Waals surface area contributed by atoms with Crippen molar-refractivity contribution in [3.8, 4) is 5.75 Å². The van der Waals surface area contributed by atoms with E-state index in [-0.39, 0.29) is 5.82 Å². The van der Waals surface area contributed by atoms with E-state index in [1.807, 2.05) is 6.07 Å². The smallest absolute Gasteiger partial charge is 0.134 e.